The minimum absolute atomic E-state index is 0.0332. The molecule has 3 aromatic rings. The Hall–Kier alpha value is -3.22. The summed E-state index contributed by atoms with van der Waals surface area (Å²) in [4.78, 5) is 12.5. The number of benzene rings is 3. The molecule has 1 N–H and O–H groups in total. The molecule has 0 unspecified atom stereocenters. The first kappa shape index (κ1) is 26.4. The summed E-state index contributed by atoms with van der Waals surface area (Å²) in [6.07, 6.45) is 0.742. The highest BCUT2D eigenvalue weighted by Crippen LogP contribution is 2.44. The third-order valence-electron chi connectivity index (χ3n) is 7.25. The Labute approximate surface area is 229 Å². The first-order valence-corrected chi connectivity index (χ1v) is 13.6. The van der Waals surface area contributed by atoms with Gasteiger partial charge in [0.1, 0.15) is 18.5 Å². The number of nitrogens with one attached hydrogen (secondary N) is 1. The summed E-state index contributed by atoms with van der Waals surface area (Å²) in [5, 5.41) is 3.63. The summed E-state index contributed by atoms with van der Waals surface area (Å²) in [5.41, 5.74) is 2.29. The molecule has 0 saturated carbocycles. The van der Waals surface area contributed by atoms with E-state index in [9.17, 15) is 4.79 Å². The first-order chi connectivity index (χ1) is 18.5. The number of para-hydroxylation sites is 2. The summed E-state index contributed by atoms with van der Waals surface area (Å²) in [5.74, 6) is 2.94. The zero-order valence-electron chi connectivity index (χ0n) is 21.8. The number of hydrogen-bond donors (Lipinski definition) is 1. The summed E-state index contributed by atoms with van der Waals surface area (Å²) in [6.45, 7) is 5.77. The van der Waals surface area contributed by atoms with Gasteiger partial charge >= 0.3 is 0 Å². The van der Waals surface area contributed by atoms with Crippen LogP contribution < -0.4 is 19.5 Å². The van der Waals surface area contributed by atoms with Gasteiger partial charge in [0.05, 0.1) is 19.3 Å². The summed E-state index contributed by atoms with van der Waals surface area (Å²) in [7, 11) is 0. The molecule has 7 heteroatoms. The van der Waals surface area contributed by atoms with Gasteiger partial charge in [-0.2, -0.15) is 0 Å². The normalized spacial score (nSPS) is 22.6. The van der Waals surface area contributed by atoms with Gasteiger partial charge in [-0.1, -0.05) is 61.8 Å². The van der Waals surface area contributed by atoms with Crippen LogP contribution in [0.15, 0.2) is 72.8 Å². The van der Waals surface area contributed by atoms with Crippen LogP contribution in [0.2, 0.25) is 5.02 Å². The van der Waals surface area contributed by atoms with Gasteiger partial charge in [0.25, 0.3) is 5.91 Å². The van der Waals surface area contributed by atoms with Gasteiger partial charge in [0.2, 0.25) is 0 Å². The van der Waals surface area contributed by atoms with Crippen molar-refractivity contribution in [2.24, 2.45) is 11.8 Å². The average Bonchev–Trinajstić information content (AvgIpc) is 2.94. The molecule has 6 nitrogen and oxygen atoms in total. The second kappa shape index (κ2) is 12.1. The van der Waals surface area contributed by atoms with E-state index in [1.165, 1.54) is 5.56 Å². The third kappa shape index (κ3) is 6.43. The Bertz CT molecular complexity index is 1250. The highest BCUT2D eigenvalue weighted by Gasteiger charge is 2.35. The average molecular weight is 536 g/mol. The molecule has 0 radical (unpaired) electrons. The van der Waals surface area contributed by atoms with Crippen molar-refractivity contribution in [3.05, 3.63) is 88.9 Å². The maximum atomic E-state index is 12.5. The lowest BCUT2D eigenvalue weighted by Gasteiger charge is -2.39. The largest absolute Gasteiger partial charge is 0.486 e. The van der Waals surface area contributed by atoms with Gasteiger partial charge in [-0.3, -0.25) is 4.79 Å². The zero-order valence-corrected chi connectivity index (χ0v) is 22.5. The Kier molecular flexibility index (Phi) is 8.40. The van der Waals surface area contributed by atoms with Gasteiger partial charge in [-0.15, -0.1) is 0 Å². The molecule has 0 aromatic heterocycles. The number of amides is 1. The molecule has 1 saturated heterocycles. The van der Waals surface area contributed by atoms with Crippen molar-refractivity contribution in [3.8, 4) is 17.2 Å². The Morgan fingerprint density at radius 1 is 1.00 bits per heavy atom. The lowest BCUT2D eigenvalue weighted by atomic mass is 9.76. The van der Waals surface area contributed by atoms with Crippen LogP contribution in [0.3, 0.4) is 0 Å². The maximum Gasteiger partial charge on any atom is 0.258 e. The fourth-order valence-electron chi connectivity index (χ4n) is 5.19. The van der Waals surface area contributed by atoms with E-state index in [1.807, 2.05) is 60.7 Å². The molecule has 1 amide bonds. The molecule has 200 valence electrons. The second-order valence-corrected chi connectivity index (χ2v) is 10.7. The van der Waals surface area contributed by atoms with E-state index >= 15 is 0 Å². The van der Waals surface area contributed by atoms with Crippen LogP contribution in [0.4, 0.5) is 0 Å². The van der Waals surface area contributed by atoms with E-state index in [1.54, 1.807) is 0 Å². The molecular weight excluding hydrogens is 502 g/mol. The lowest BCUT2D eigenvalue weighted by Crippen LogP contribution is -2.42. The van der Waals surface area contributed by atoms with E-state index in [2.05, 4.69) is 31.3 Å². The highest BCUT2D eigenvalue weighted by molar-refractivity contribution is 6.30. The smallest absolute Gasteiger partial charge is 0.258 e. The second-order valence-electron chi connectivity index (χ2n) is 10.3. The Balaban J connectivity index is 1.15. The minimum atomic E-state index is -0.246. The van der Waals surface area contributed by atoms with E-state index < -0.39 is 0 Å². The van der Waals surface area contributed by atoms with Gasteiger partial charge in [-0.05, 0) is 65.8 Å². The summed E-state index contributed by atoms with van der Waals surface area (Å²) in [6, 6.07) is 23.5. The number of rotatable bonds is 8. The number of halogens is 1. The zero-order chi connectivity index (χ0) is 26.5. The van der Waals surface area contributed by atoms with Crippen LogP contribution in [-0.4, -0.2) is 38.4 Å². The van der Waals surface area contributed by atoms with Gasteiger partial charge < -0.3 is 24.3 Å². The van der Waals surface area contributed by atoms with Crippen molar-refractivity contribution in [1.82, 2.24) is 5.32 Å². The van der Waals surface area contributed by atoms with E-state index in [4.69, 9.17) is 30.5 Å². The predicted octanol–water partition coefficient (Wildman–Crippen LogP) is 6.19. The molecule has 2 aliphatic heterocycles. The highest BCUT2D eigenvalue weighted by atomic mass is 35.5. The Morgan fingerprint density at radius 2 is 1.79 bits per heavy atom. The van der Waals surface area contributed by atoms with Crippen LogP contribution in [0.5, 0.6) is 17.2 Å². The lowest BCUT2D eigenvalue weighted by molar-refractivity contribution is -0.123. The monoisotopic (exact) mass is 535 g/mol. The number of carbonyl (C=O) groups excluding carboxylic acids is 1. The molecule has 0 spiro atoms. The molecule has 4 atom stereocenters. The SMILES string of the molecule is CC(C)[C@@H]1C[C@H](c2cccc(Cl)c2)CO[C@H]1c1cccc(OCC(=O)NC[C@H]2COc3ccccc3O2)c1. The molecule has 0 bridgehead atoms. The molecule has 38 heavy (non-hydrogen) atoms. The molecule has 2 heterocycles. The molecule has 5 rings (SSSR count). The standard InChI is InChI=1S/C31H34ClNO5/c1-20(2)27-15-23(21-7-5-9-24(32)13-21)17-37-31(27)22-8-6-10-25(14-22)35-19-30(34)33-16-26-18-36-28-11-3-4-12-29(28)38-26/h3-14,20,23,26-27,31H,15-19H2,1-2H3,(H,33,34)/t23-,26-,27-,31-/m0/s1. The topological polar surface area (TPSA) is 66.0 Å². The van der Waals surface area contributed by atoms with E-state index in [-0.39, 0.29) is 24.7 Å². The van der Waals surface area contributed by atoms with Gasteiger partial charge in [0, 0.05) is 10.9 Å². The molecule has 2 aliphatic rings. The van der Waals surface area contributed by atoms with Crippen LogP contribution >= 0.6 is 11.6 Å². The third-order valence-corrected chi connectivity index (χ3v) is 7.48. The molecule has 1 fully saturated rings. The van der Waals surface area contributed by atoms with Gasteiger partial charge in [-0.25, -0.2) is 0 Å². The van der Waals surface area contributed by atoms with Crippen LogP contribution in [0.1, 0.15) is 43.4 Å². The molecule has 3 aromatic carbocycles. The van der Waals surface area contributed by atoms with Gasteiger partial charge in [0.15, 0.2) is 18.1 Å². The summed E-state index contributed by atoms with van der Waals surface area (Å²) >= 11 is 6.24. The van der Waals surface area contributed by atoms with Crippen molar-refractivity contribution in [2.45, 2.75) is 38.4 Å². The number of carbonyl (C=O) groups is 1. The predicted molar refractivity (Wildman–Crippen MR) is 147 cm³/mol. The summed E-state index contributed by atoms with van der Waals surface area (Å²) < 4.78 is 23.9. The fourth-order valence-corrected chi connectivity index (χ4v) is 5.39. The van der Waals surface area contributed by atoms with Crippen molar-refractivity contribution in [1.29, 1.82) is 0 Å². The van der Waals surface area contributed by atoms with Crippen LogP contribution in [-0.2, 0) is 9.53 Å². The van der Waals surface area contributed by atoms with Crippen LogP contribution in [0, 0.1) is 11.8 Å². The van der Waals surface area contributed by atoms with Crippen molar-refractivity contribution in [2.75, 3.05) is 26.4 Å². The quantitative estimate of drug-likeness (QED) is 0.372. The van der Waals surface area contributed by atoms with E-state index in [0.717, 1.165) is 22.8 Å². The Morgan fingerprint density at radius 3 is 2.61 bits per heavy atom. The van der Waals surface area contributed by atoms with E-state index in [0.29, 0.717) is 49.0 Å². The van der Waals surface area contributed by atoms with Crippen LogP contribution in [0.25, 0.3) is 0 Å². The number of ether oxygens (including phenoxy) is 4. The number of hydrogen-bond acceptors (Lipinski definition) is 5. The number of fused-ring (bicyclic) bond motifs is 1. The molecular formula is C31H34ClNO5. The van der Waals surface area contributed by atoms with Crippen molar-refractivity contribution >= 4 is 17.5 Å². The molecule has 0 aliphatic carbocycles. The fraction of sp³-hybridized carbons (Fsp3) is 0.387. The maximum absolute atomic E-state index is 12.5. The van der Waals surface area contributed by atoms with Crippen molar-refractivity contribution < 1.29 is 23.7 Å². The van der Waals surface area contributed by atoms with Crippen molar-refractivity contribution in [3.63, 3.8) is 0 Å². The minimum Gasteiger partial charge on any atom is -0.486 e. The first-order valence-electron chi connectivity index (χ1n) is 13.2.